The molecule has 0 spiro atoms. The van der Waals surface area contributed by atoms with Crippen molar-refractivity contribution in [2.45, 2.75) is 13.0 Å². The molecule has 0 unspecified atom stereocenters. The Morgan fingerprint density at radius 2 is 2.14 bits per heavy atom. The summed E-state index contributed by atoms with van der Waals surface area (Å²) < 4.78 is 11.4. The Balaban J connectivity index is 1.74. The Kier molecular flexibility index (Phi) is 4.44. The molecule has 0 aliphatic carbocycles. The van der Waals surface area contributed by atoms with Crippen molar-refractivity contribution in [3.63, 3.8) is 0 Å². The Labute approximate surface area is 133 Å². The number of carbonyl (C=O) groups is 1. The van der Waals surface area contributed by atoms with Gasteiger partial charge >= 0.3 is 0 Å². The average molecular weight is 319 g/mol. The van der Waals surface area contributed by atoms with Crippen molar-refractivity contribution >= 4 is 17.5 Å². The molecule has 0 fully saturated rings. The predicted molar refractivity (Wildman–Crippen MR) is 82.5 cm³/mol. The predicted octanol–water partition coefficient (Wildman–Crippen LogP) is 2.83. The van der Waals surface area contributed by atoms with E-state index >= 15 is 0 Å². The molecule has 6 heteroatoms. The third-order valence-corrected chi connectivity index (χ3v) is 3.61. The molecule has 0 radical (unpaired) electrons. The van der Waals surface area contributed by atoms with E-state index in [2.05, 4.69) is 10.3 Å². The number of nitrogens with zero attached hydrogens (tertiary/aromatic N) is 1. The zero-order chi connectivity index (χ0) is 15.4. The number of halogens is 1. The minimum absolute atomic E-state index is 0.250. The Hall–Kier alpha value is -2.27. The lowest BCUT2D eigenvalue weighted by atomic mass is 10.1. The first-order valence-electron chi connectivity index (χ1n) is 7.01. The third-order valence-electron chi connectivity index (χ3n) is 3.31. The van der Waals surface area contributed by atoms with Crippen LogP contribution in [0.15, 0.2) is 36.7 Å². The van der Waals surface area contributed by atoms with Gasteiger partial charge < -0.3 is 14.8 Å². The van der Waals surface area contributed by atoms with Crippen LogP contribution in [0.4, 0.5) is 0 Å². The van der Waals surface area contributed by atoms with E-state index in [9.17, 15) is 4.79 Å². The van der Waals surface area contributed by atoms with E-state index in [-0.39, 0.29) is 5.91 Å². The summed E-state index contributed by atoms with van der Waals surface area (Å²) in [7, 11) is 0. The van der Waals surface area contributed by atoms with Crippen LogP contribution in [0, 0.1) is 0 Å². The van der Waals surface area contributed by atoms with Crippen molar-refractivity contribution < 1.29 is 14.3 Å². The van der Waals surface area contributed by atoms with Gasteiger partial charge in [0.2, 0.25) is 0 Å². The number of rotatable bonds is 3. The molecule has 0 saturated heterocycles. The second kappa shape index (κ2) is 6.66. The topological polar surface area (TPSA) is 60.5 Å². The normalized spacial score (nSPS) is 13.3. The van der Waals surface area contributed by atoms with Gasteiger partial charge in [-0.2, -0.15) is 0 Å². The summed E-state index contributed by atoms with van der Waals surface area (Å²) in [4.78, 5) is 16.0. The van der Waals surface area contributed by atoms with Gasteiger partial charge in [0.15, 0.2) is 11.5 Å². The van der Waals surface area contributed by atoms with Gasteiger partial charge in [0, 0.05) is 30.9 Å². The number of amides is 1. The monoisotopic (exact) mass is 318 g/mol. The standard InChI is InChI=1S/C16H15ClN2O3/c17-13-10-18-6-5-12(13)16(20)19-9-11-3-1-4-14-15(11)22-8-2-7-21-14/h1,3-6,10H,2,7-9H2,(H,19,20). The maximum atomic E-state index is 12.2. The molecule has 3 rings (SSSR count). The number of hydrogen-bond donors (Lipinski definition) is 1. The molecule has 0 saturated carbocycles. The lowest BCUT2D eigenvalue weighted by Crippen LogP contribution is -2.23. The molecule has 0 bridgehead atoms. The van der Waals surface area contributed by atoms with Gasteiger partial charge in [-0.15, -0.1) is 0 Å². The van der Waals surface area contributed by atoms with Crippen LogP contribution in [0.25, 0.3) is 0 Å². The fraction of sp³-hybridized carbons (Fsp3) is 0.250. The summed E-state index contributed by atoms with van der Waals surface area (Å²) >= 11 is 5.97. The van der Waals surface area contributed by atoms with Gasteiger partial charge in [0.25, 0.3) is 5.91 Å². The van der Waals surface area contributed by atoms with E-state index in [1.807, 2.05) is 18.2 Å². The summed E-state index contributed by atoms with van der Waals surface area (Å²) in [5.74, 6) is 1.16. The van der Waals surface area contributed by atoms with Crippen LogP contribution in [0.2, 0.25) is 5.02 Å². The zero-order valence-electron chi connectivity index (χ0n) is 11.8. The number of para-hydroxylation sites is 1. The quantitative estimate of drug-likeness (QED) is 0.945. The van der Waals surface area contributed by atoms with Crippen LogP contribution in [0.5, 0.6) is 11.5 Å². The van der Waals surface area contributed by atoms with E-state index in [1.54, 1.807) is 6.07 Å². The van der Waals surface area contributed by atoms with Gasteiger partial charge in [0.05, 0.1) is 23.8 Å². The Morgan fingerprint density at radius 1 is 1.27 bits per heavy atom. The first kappa shape index (κ1) is 14.7. The van der Waals surface area contributed by atoms with E-state index in [0.717, 1.165) is 12.0 Å². The second-order valence-electron chi connectivity index (χ2n) is 4.83. The lowest BCUT2D eigenvalue weighted by molar-refractivity contribution is 0.0950. The van der Waals surface area contributed by atoms with E-state index in [0.29, 0.717) is 41.8 Å². The SMILES string of the molecule is O=C(NCc1cccc2c1OCCCO2)c1ccncc1Cl. The molecule has 2 heterocycles. The van der Waals surface area contributed by atoms with Crippen molar-refractivity contribution in [3.8, 4) is 11.5 Å². The highest BCUT2D eigenvalue weighted by Crippen LogP contribution is 2.33. The van der Waals surface area contributed by atoms with Crippen molar-refractivity contribution in [1.29, 1.82) is 0 Å². The minimum atomic E-state index is -0.250. The number of carbonyl (C=O) groups excluding carboxylic acids is 1. The molecular weight excluding hydrogens is 304 g/mol. The fourth-order valence-corrected chi connectivity index (χ4v) is 2.43. The van der Waals surface area contributed by atoms with Crippen LogP contribution < -0.4 is 14.8 Å². The highest BCUT2D eigenvalue weighted by molar-refractivity contribution is 6.33. The zero-order valence-corrected chi connectivity index (χ0v) is 12.6. The van der Waals surface area contributed by atoms with Gasteiger partial charge in [-0.1, -0.05) is 23.7 Å². The summed E-state index contributed by atoms with van der Waals surface area (Å²) in [5, 5.41) is 3.17. The smallest absolute Gasteiger partial charge is 0.253 e. The Bertz CT molecular complexity index is 691. The van der Waals surface area contributed by atoms with Gasteiger partial charge in [-0.3, -0.25) is 9.78 Å². The fourth-order valence-electron chi connectivity index (χ4n) is 2.22. The molecule has 0 atom stereocenters. The summed E-state index contributed by atoms with van der Waals surface area (Å²) in [5.41, 5.74) is 1.27. The minimum Gasteiger partial charge on any atom is -0.490 e. The van der Waals surface area contributed by atoms with Gasteiger partial charge in [-0.25, -0.2) is 0 Å². The number of aromatic nitrogens is 1. The van der Waals surface area contributed by atoms with Crippen LogP contribution in [-0.4, -0.2) is 24.1 Å². The highest BCUT2D eigenvalue weighted by Gasteiger charge is 2.16. The molecule has 1 aromatic carbocycles. The van der Waals surface area contributed by atoms with Crippen molar-refractivity contribution in [1.82, 2.24) is 10.3 Å². The number of fused-ring (bicyclic) bond motifs is 1. The van der Waals surface area contributed by atoms with Crippen LogP contribution >= 0.6 is 11.6 Å². The molecule has 1 N–H and O–H groups in total. The number of ether oxygens (including phenoxy) is 2. The largest absolute Gasteiger partial charge is 0.490 e. The van der Waals surface area contributed by atoms with E-state index < -0.39 is 0 Å². The van der Waals surface area contributed by atoms with E-state index in [1.165, 1.54) is 12.4 Å². The van der Waals surface area contributed by atoms with Crippen LogP contribution in [0.3, 0.4) is 0 Å². The number of benzene rings is 1. The summed E-state index contributed by atoms with van der Waals surface area (Å²) in [6.07, 6.45) is 3.82. The molecule has 1 amide bonds. The highest BCUT2D eigenvalue weighted by atomic mass is 35.5. The number of nitrogens with one attached hydrogen (secondary N) is 1. The number of pyridine rings is 1. The molecule has 22 heavy (non-hydrogen) atoms. The Morgan fingerprint density at radius 3 is 3.00 bits per heavy atom. The molecule has 2 aromatic rings. The number of hydrogen-bond acceptors (Lipinski definition) is 4. The summed E-state index contributed by atoms with van der Waals surface area (Å²) in [6.45, 7) is 1.58. The summed E-state index contributed by atoms with van der Waals surface area (Å²) in [6, 6.07) is 7.24. The maximum absolute atomic E-state index is 12.2. The third kappa shape index (κ3) is 3.14. The van der Waals surface area contributed by atoms with E-state index in [4.69, 9.17) is 21.1 Å². The molecule has 1 aliphatic rings. The van der Waals surface area contributed by atoms with Crippen molar-refractivity contribution in [2.24, 2.45) is 0 Å². The van der Waals surface area contributed by atoms with Crippen molar-refractivity contribution in [3.05, 3.63) is 52.8 Å². The molecule has 5 nitrogen and oxygen atoms in total. The molecule has 114 valence electrons. The first-order chi connectivity index (χ1) is 10.8. The second-order valence-corrected chi connectivity index (χ2v) is 5.24. The average Bonchev–Trinajstić information content (AvgIpc) is 2.78. The molecular formula is C16H15ClN2O3. The van der Waals surface area contributed by atoms with Crippen molar-refractivity contribution in [2.75, 3.05) is 13.2 Å². The van der Waals surface area contributed by atoms with Gasteiger partial charge in [0.1, 0.15) is 0 Å². The van der Waals surface area contributed by atoms with Crippen LogP contribution in [0.1, 0.15) is 22.3 Å². The molecule has 1 aromatic heterocycles. The maximum Gasteiger partial charge on any atom is 0.253 e. The van der Waals surface area contributed by atoms with Crippen LogP contribution in [-0.2, 0) is 6.54 Å². The van der Waals surface area contributed by atoms with Gasteiger partial charge in [-0.05, 0) is 12.1 Å². The first-order valence-corrected chi connectivity index (χ1v) is 7.38. The lowest BCUT2D eigenvalue weighted by Gasteiger charge is -2.13. The molecule has 1 aliphatic heterocycles.